The molecule has 0 saturated heterocycles. The van der Waals surface area contributed by atoms with E-state index in [0.29, 0.717) is 17.7 Å². The molecule has 0 aliphatic heterocycles. The van der Waals surface area contributed by atoms with Gasteiger partial charge >= 0.3 is 5.97 Å². The maximum Gasteiger partial charge on any atom is 0.341 e. The number of carbonyl (C=O) groups is 1. The fourth-order valence-electron chi connectivity index (χ4n) is 1.50. The number of aryl methyl sites for hydroxylation is 1. The highest BCUT2D eigenvalue weighted by atomic mass is 32.2. The van der Waals surface area contributed by atoms with Gasteiger partial charge in [-0.05, 0) is 37.1 Å². The Hall–Kier alpha value is -1.56. The van der Waals surface area contributed by atoms with Crippen LogP contribution in [0.2, 0.25) is 0 Å². The highest BCUT2D eigenvalue weighted by Crippen LogP contribution is 2.22. The molecule has 1 aromatic rings. The third kappa shape index (κ3) is 3.73. The number of hydrogen-bond donors (Lipinski definition) is 1. The van der Waals surface area contributed by atoms with E-state index < -0.39 is 22.4 Å². The number of carboxylic acids is 1. The minimum atomic E-state index is -3.25. The molecular formula is C12H16O5S. The summed E-state index contributed by atoms with van der Waals surface area (Å²) in [5.41, 5.74) is 0.605. The third-order valence-electron chi connectivity index (χ3n) is 2.33. The van der Waals surface area contributed by atoms with Gasteiger partial charge in [-0.2, -0.15) is 0 Å². The minimum absolute atomic E-state index is 0.0990. The third-order valence-corrected chi connectivity index (χ3v) is 4.25. The van der Waals surface area contributed by atoms with Crippen molar-refractivity contribution in [2.75, 3.05) is 12.4 Å². The van der Waals surface area contributed by atoms with Gasteiger partial charge in [0.1, 0.15) is 5.75 Å². The molecule has 0 aromatic heterocycles. The number of benzene rings is 1. The van der Waals surface area contributed by atoms with E-state index >= 15 is 0 Å². The molecule has 0 aliphatic carbocycles. The lowest BCUT2D eigenvalue weighted by molar-refractivity contribution is -0.139. The van der Waals surface area contributed by atoms with Crippen molar-refractivity contribution in [3.63, 3.8) is 0 Å². The summed E-state index contributed by atoms with van der Waals surface area (Å²) in [7, 11) is -3.25. The quantitative estimate of drug-likeness (QED) is 0.851. The SMILES string of the molecule is CCCS(=O)(=O)c1ccc(OCC(=O)O)c(C)c1. The van der Waals surface area contributed by atoms with Gasteiger partial charge in [-0.3, -0.25) is 0 Å². The van der Waals surface area contributed by atoms with E-state index in [1.165, 1.54) is 18.2 Å². The predicted octanol–water partition coefficient (Wildman–Crippen LogP) is 1.64. The van der Waals surface area contributed by atoms with Crippen molar-refractivity contribution in [2.24, 2.45) is 0 Å². The Morgan fingerprint density at radius 2 is 2.06 bits per heavy atom. The molecule has 0 saturated carbocycles. The zero-order valence-electron chi connectivity index (χ0n) is 10.3. The first kappa shape index (κ1) is 14.5. The average Bonchev–Trinajstić information content (AvgIpc) is 2.27. The summed E-state index contributed by atoms with van der Waals surface area (Å²) < 4.78 is 28.7. The van der Waals surface area contributed by atoms with Crippen LogP contribution in [0.1, 0.15) is 18.9 Å². The minimum Gasteiger partial charge on any atom is -0.482 e. The second-order valence-electron chi connectivity index (χ2n) is 3.93. The summed E-state index contributed by atoms with van der Waals surface area (Å²) in [6.45, 7) is 3.04. The zero-order chi connectivity index (χ0) is 13.8. The van der Waals surface area contributed by atoms with Crippen LogP contribution < -0.4 is 4.74 Å². The molecule has 100 valence electrons. The number of aliphatic carboxylic acids is 1. The standard InChI is InChI=1S/C12H16O5S/c1-3-6-18(15,16)10-4-5-11(9(2)7-10)17-8-12(13)14/h4-5,7H,3,6,8H2,1-2H3,(H,13,14). The van der Waals surface area contributed by atoms with Crippen LogP contribution in [0.5, 0.6) is 5.75 Å². The average molecular weight is 272 g/mol. The topological polar surface area (TPSA) is 80.7 Å². The van der Waals surface area contributed by atoms with Crippen LogP contribution in [-0.4, -0.2) is 31.9 Å². The molecule has 0 radical (unpaired) electrons. The monoisotopic (exact) mass is 272 g/mol. The van der Waals surface area contributed by atoms with E-state index in [0.717, 1.165) is 0 Å². The molecule has 0 heterocycles. The number of hydrogen-bond acceptors (Lipinski definition) is 4. The van der Waals surface area contributed by atoms with Crippen LogP contribution >= 0.6 is 0 Å². The van der Waals surface area contributed by atoms with Crippen LogP contribution in [0.15, 0.2) is 23.1 Å². The summed E-state index contributed by atoms with van der Waals surface area (Å²) >= 11 is 0. The van der Waals surface area contributed by atoms with Gasteiger partial charge in [-0.25, -0.2) is 13.2 Å². The summed E-state index contributed by atoms with van der Waals surface area (Å²) in [5, 5.41) is 8.50. The smallest absolute Gasteiger partial charge is 0.341 e. The maximum atomic E-state index is 11.8. The van der Waals surface area contributed by atoms with Gasteiger partial charge in [-0.1, -0.05) is 6.92 Å². The molecule has 18 heavy (non-hydrogen) atoms. The fourth-order valence-corrected chi connectivity index (χ4v) is 2.91. The summed E-state index contributed by atoms with van der Waals surface area (Å²) in [5.74, 6) is -0.591. The second-order valence-corrected chi connectivity index (χ2v) is 6.04. The molecule has 0 aliphatic rings. The molecule has 6 heteroatoms. The Bertz CT molecular complexity index is 533. The van der Waals surface area contributed by atoms with E-state index in [2.05, 4.69) is 0 Å². The lowest BCUT2D eigenvalue weighted by Gasteiger charge is -2.09. The molecule has 1 aromatic carbocycles. The molecule has 1 rings (SSSR count). The lowest BCUT2D eigenvalue weighted by atomic mass is 10.2. The number of rotatable bonds is 6. The van der Waals surface area contributed by atoms with Crippen molar-refractivity contribution in [1.82, 2.24) is 0 Å². The zero-order valence-corrected chi connectivity index (χ0v) is 11.2. The van der Waals surface area contributed by atoms with Crippen molar-refractivity contribution in [3.8, 4) is 5.75 Å². The Morgan fingerprint density at radius 1 is 1.39 bits per heavy atom. The molecule has 0 fully saturated rings. The van der Waals surface area contributed by atoms with E-state index in [-0.39, 0.29) is 10.6 Å². The van der Waals surface area contributed by atoms with Gasteiger partial charge in [0, 0.05) is 0 Å². The van der Waals surface area contributed by atoms with E-state index in [9.17, 15) is 13.2 Å². The predicted molar refractivity (Wildman–Crippen MR) is 66.7 cm³/mol. The van der Waals surface area contributed by atoms with E-state index in [4.69, 9.17) is 9.84 Å². The number of carboxylic acid groups (broad SMARTS) is 1. The van der Waals surface area contributed by atoms with Gasteiger partial charge in [0.15, 0.2) is 16.4 Å². The molecule has 0 spiro atoms. The van der Waals surface area contributed by atoms with Crippen LogP contribution in [0, 0.1) is 6.92 Å². The van der Waals surface area contributed by atoms with Gasteiger partial charge in [0.05, 0.1) is 10.6 Å². The highest BCUT2D eigenvalue weighted by molar-refractivity contribution is 7.91. The molecule has 5 nitrogen and oxygen atoms in total. The van der Waals surface area contributed by atoms with Crippen molar-refractivity contribution < 1.29 is 23.1 Å². The summed E-state index contributed by atoms with van der Waals surface area (Å²) in [4.78, 5) is 10.6. The Kier molecular flexibility index (Phi) is 4.72. The first-order valence-corrected chi connectivity index (χ1v) is 7.20. The maximum absolute atomic E-state index is 11.8. The molecule has 0 atom stereocenters. The molecule has 0 amide bonds. The molecule has 1 N–H and O–H groups in total. The normalized spacial score (nSPS) is 11.2. The van der Waals surface area contributed by atoms with Crippen molar-refractivity contribution in [3.05, 3.63) is 23.8 Å². The van der Waals surface area contributed by atoms with Crippen molar-refractivity contribution in [2.45, 2.75) is 25.2 Å². The van der Waals surface area contributed by atoms with Gasteiger partial charge < -0.3 is 9.84 Å². The second kappa shape index (κ2) is 5.86. The van der Waals surface area contributed by atoms with Gasteiger partial charge in [0.25, 0.3) is 0 Å². The molecule has 0 unspecified atom stereocenters. The van der Waals surface area contributed by atoms with Crippen LogP contribution in [-0.2, 0) is 14.6 Å². The molecular weight excluding hydrogens is 256 g/mol. The fraction of sp³-hybridized carbons (Fsp3) is 0.417. The van der Waals surface area contributed by atoms with Crippen LogP contribution in [0.3, 0.4) is 0 Å². The number of sulfone groups is 1. The first-order valence-electron chi connectivity index (χ1n) is 5.55. The molecule has 0 bridgehead atoms. The largest absolute Gasteiger partial charge is 0.482 e. The van der Waals surface area contributed by atoms with Gasteiger partial charge in [-0.15, -0.1) is 0 Å². The van der Waals surface area contributed by atoms with Crippen molar-refractivity contribution >= 4 is 15.8 Å². The van der Waals surface area contributed by atoms with Crippen LogP contribution in [0.4, 0.5) is 0 Å². The number of ether oxygens (including phenoxy) is 1. The Labute approximate surface area is 106 Å². The lowest BCUT2D eigenvalue weighted by Crippen LogP contribution is -2.11. The van der Waals surface area contributed by atoms with Gasteiger partial charge in [0.2, 0.25) is 0 Å². The van der Waals surface area contributed by atoms with Crippen molar-refractivity contribution in [1.29, 1.82) is 0 Å². The van der Waals surface area contributed by atoms with E-state index in [1.807, 2.05) is 0 Å². The Morgan fingerprint density at radius 3 is 2.56 bits per heavy atom. The van der Waals surface area contributed by atoms with E-state index in [1.54, 1.807) is 13.8 Å². The summed E-state index contributed by atoms with van der Waals surface area (Å²) in [6.07, 6.45) is 0.554. The first-order chi connectivity index (χ1) is 8.36. The highest BCUT2D eigenvalue weighted by Gasteiger charge is 2.14. The summed E-state index contributed by atoms with van der Waals surface area (Å²) in [6, 6.07) is 4.43. The van der Waals surface area contributed by atoms with Crippen LogP contribution in [0.25, 0.3) is 0 Å². The Balaban J connectivity index is 2.95.